The first-order chi connectivity index (χ1) is 12.2. The van der Waals surface area contributed by atoms with Crippen molar-refractivity contribution in [3.8, 4) is 22.3 Å². The van der Waals surface area contributed by atoms with E-state index in [1.807, 2.05) is 33.8 Å². The van der Waals surface area contributed by atoms with Crippen LogP contribution in [0.5, 0.6) is 0 Å². The number of nitrogen functional groups attached to an aromatic ring is 4. The number of anilines is 4. The quantitative estimate of drug-likeness (QED) is 0.510. The second-order valence-electron chi connectivity index (χ2n) is 7.07. The molecular formula is C22H26N4. The zero-order chi connectivity index (χ0) is 19.2. The number of benzene rings is 3. The molecule has 0 unspecified atom stereocenters. The van der Waals surface area contributed by atoms with Gasteiger partial charge in [0, 0.05) is 33.9 Å². The first-order valence-electron chi connectivity index (χ1n) is 8.62. The van der Waals surface area contributed by atoms with Gasteiger partial charge < -0.3 is 22.9 Å². The summed E-state index contributed by atoms with van der Waals surface area (Å²) in [6.07, 6.45) is 0. The van der Waals surface area contributed by atoms with Crippen LogP contribution < -0.4 is 22.9 Å². The van der Waals surface area contributed by atoms with Gasteiger partial charge in [0.2, 0.25) is 0 Å². The van der Waals surface area contributed by atoms with E-state index in [-0.39, 0.29) is 0 Å². The van der Waals surface area contributed by atoms with Crippen molar-refractivity contribution in [1.29, 1.82) is 0 Å². The lowest BCUT2D eigenvalue weighted by molar-refractivity contribution is 1.38. The third kappa shape index (κ3) is 2.94. The van der Waals surface area contributed by atoms with Gasteiger partial charge in [-0.3, -0.25) is 0 Å². The number of hydrogen-bond acceptors (Lipinski definition) is 4. The highest BCUT2D eigenvalue weighted by Gasteiger charge is 2.13. The lowest BCUT2D eigenvalue weighted by Gasteiger charge is -2.16. The smallest absolute Gasteiger partial charge is 0.0414 e. The van der Waals surface area contributed by atoms with Gasteiger partial charge >= 0.3 is 0 Å². The average molecular weight is 346 g/mol. The highest BCUT2D eigenvalue weighted by atomic mass is 14.6. The van der Waals surface area contributed by atoms with Crippen molar-refractivity contribution in [2.45, 2.75) is 27.7 Å². The van der Waals surface area contributed by atoms with Crippen molar-refractivity contribution in [3.63, 3.8) is 0 Å². The molecular weight excluding hydrogens is 320 g/mol. The van der Waals surface area contributed by atoms with Crippen molar-refractivity contribution in [2.75, 3.05) is 22.9 Å². The van der Waals surface area contributed by atoms with Crippen LogP contribution in [-0.4, -0.2) is 0 Å². The van der Waals surface area contributed by atoms with E-state index in [0.717, 1.165) is 55.9 Å². The van der Waals surface area contributed by atoms with E-state index < -0.39 is 0 Å². The van der Waals surface area contributed by atoms with E-state index in [1.54, 1.807) is 0 Å². The summed E-state index contributed by atoms with van der Waals surface area (Å²) in [5.74, 6) is 0. The topological polar surface area (TPSA) is 104 Å². The Hall–Kier alpha value is -3.14. The summed E-state index contributed by atoms with van der Waals surface area (Å²) in [5.41, 5.74) is 35.8. The maximum absolute atomic E-state index is 6.29. The minimum absolute atomic E-state index is 0.652. The molecule has 0 heterocycles. The van der Waals surface area contributed by atoms with Crippen LogP contribution in [0.25, 0.3) is 22.3 Å². The monoisotopic (exact) mass is 346 g/mol. The van der Waals surface area contributed by atoms with Gasteiger partial charge in [0.1, 0.15) is 0 Å². The number of aryl methyl sites for hydroxylation is 4. The molecule has 26 heavy (non-hydrogen) atoms. The minimum Gasteiger partial charge on any atom is -0.398 e. The normalized spacial score (nSPS) is 10.9. The van der Waals surface area contributed by atoms with Gasteiger partial charge in [0.05, 0.1) is 0 Å². The van der Waals surface area contributed by atoms with E-state index in [1.165, 1.54) is 0 Å². The molecule has 3 aromatic rings. The molecule has 0 aliphatic carbocycles. The third-order valence-corrected chi connectivity index (χ3v) is 5.03. The molecule has 4 heteroatoms. The predicted molar refractivity (Wildman–Crippen MR) is 114 cm³/mol. The fourth-order valence-corrected chi connectivity index (χ4v) is 3.39. The molecule has 0 saturated heterocycles. The lowest BCUT2D eigenvalue weighted by Crippen LogP contribution is -2.00. The molecule has 0 saturated carbocycles. The summed E-state index contributed by atoms with van der Waals surface area (Å²) >= 11 is 0. The minimum atomic E-state index is 0.652. The van der Waals surface area contributed by atoms with Gasteiger partial charge in [-0.05, 0) is 97.5 Å². The second-order valence-corrected chi connectivity index (χ2v) is 7.07. The highest BCUT2D eigenvalue weighted by molar-refractivity contribution is 5.90. The predicted octanol–water partition coefficient (Wildman–Crippen LogP) is 4.58. The fraction of sp³-hybridized carbons (Fsp3) is 0.182. The van der Waals surface area contributed by atoms with Crippen molar-refractivity contribution in [2.24, 2.45) is 0 Å². The van der Waals surface area contributed by atoms with E-state index in [0.29, 0.717) is 11.4 Å². The number of nitrogens with two attached hydrogens (primary N) is 4. The van der Waals surface area contributed by atoms with Gasteiger partial charge in [-0.2, -0.15) is 0 Å². The molecule has 3 rings (SSSR count). The zero-order valence-electron chi connectivity index (χ0n) is 15.8. The summed E-state index contributed by atoms with van der Waals surface area (Å²) in [7, 11) is 0. The Morgan fingerprint density at radius 3 is 1.08 bits per heavy atom. The SMILES string of the molecule is Cc1cc(-c2cc(-c3cc(C)c(N)c(C)c3)c(N)cc2N)cc(C)c1N. The molecule has 0 aromatic heterocycles. The van der Waals surface area contributed by atoms with Gasteiger partial charge in [-0.15, -0.1) is 0 Å². The summed E-state index contributed by atoms with van der Waals surface area (Å²) in [6.45, 7) is 8.03. The summed E-state index contributed by atoms with van der Waals surface area (Å²) < 4.78 is 0. The Kier molecular flexibility index (Phi) is 4.28. The van der Waals surface area contributed by atoms with Crippen LogP contribution >= 0.6 is 0 Å². The molecule has 134 valence electrons. The van der Waals surface area contributed by atoms with Gasteiger partial charge in [0.25, 0.3) is 0 Å². The van der Waals surface area contributed by atoms with Crippen LogP contribution in [0, 0.1) is 27.7 Å². The molecule has 0 spiro atoms. The van der Waals surface area contributed by atoms with Crippen molar-refractivity contribution in [3.05, 3.63) is 58.7 Å². The van der Waals surface area contributed by atoms with Crippen molar-refractivity contribution in [1.82, 2.24) is 0 Å². The van der Waals surface area contributed by atoms with Crippen LogP contribution in [0.3, 0.4) is 0 Å². The Morgan fingerprint density at radius 2 is 0.769 bits per heavy atom. The van der Waals surface area contributed by atoms with Crippen molar-refractivity contribution >= 4 is 22.7 Å². The van der Waals surface area contributed by atoms with Crippen LogP contribution in [0.2, 0.25) is 0 Å². The number of rotatable bonds is 2. The van der Waals surface area contributed by atoms with E-state index in [9.17, 15) is 0 Å². The maximum Gasteiger partial charge on any atom is 0.0414 e. The van der Waals surface area contributed by atoms with Crippen LogP contribution in [0.4, 0.5) is 22.7 Å². The summed E-state index contributed by atoms with van der Waals surface area (Å²) in [6, 6.07) is 12.1. The third-order valence-electron chi connectivity index (χ3n) is 5.03. The molecule has 0 radical (unpaired) electrons. The Labute approximate surface area is 154 Å². The second kappa shape index (κ2) is 6.30. The first kappa shape index (κ1) is 17.7. The summed E-state index contributed by atoms with van der Waals surface area (Å²) in [5, 5.41) is 0. The molecule has 4 nitrogen and oxygen atoms in total. The van der Waals surface area contributed by atoms with E-state index in [4.69, 9.17) is 22.9 Å². The van der Waals surface area contributed by atoms with Crippen LogP contribution in [0.15, 0.2) is 36.4 Å². The van der Waals surface area contributed by atoms with Crippen molar-refractivity contribution < 1.29 is 0 Å². The average Bonchev–Trinajstić information content (AvgIpc) is 2.57. The zero-order valence-corrected chi connectivity index (χ0v) is 15.8. The van der Waals surface area contributed by atoms with Crippen LogP contribution in [0.1, 0.15) is 22.3 Å². The highest BCUT2D eigenvalue weighted by Crippen LogP contribution is 2.38. The van der Waals surface area contributed by atoms with E-state index in [2.05, 4.69) is 30.3 Å². The molecule has 8 N–H and O–H groups in total. The maximum atomic E-state index is 6.29. The molecule has 0 aliphatic rings. The Morgan fingerprint density at radius 1 is 0.462 bits per heavy atom. The molecule has 0 atom stereocenters. The molecule has 0 amide bonds. The molecule has 0 aliphatic heterocycles. The van der Waals surface area contributed by atoms with Gasteiger partial charge in [-0.25, -0.2) is 0 Å². The van der Waals surface area contributed by atoms with Gasteiger partial charge in [-0.1, -0.05) is 0 Å². The Bertz CT molecular complexity index is 894. The molecule has 0 bridgehead atoms. The molecule has 0 fully saturated rings. The Balaban J connectivity index is 2.23. The standard InChI is InChI=1S/C22H26N4/c1-11-5-15(6-12(2)21(11)25)17-9-18(20(24)10-19(17)23)16-7-13(3)22(26)14(4)8-16/h5-10H,23-26H2,1-4H3. The van der Waals surface area contributed by atoms with E-state index >= 15 is 0 Å². The first-order valence-corrected chi connectivity index (χ1v) is 8.62. The van der Waals surface area contributed by atoms with Crippen LogP contribution in [-0.2, 0) is 0 Å². The fourth-order valence-electron chi connectivity index (χ4n) is 3.39. The molecule has 3 aromatic carbocycles. The van der Waals surface area contributed by atoms with Gasteiger partial charge in [0.15, 0.2) is 0 Å². The number of hydrogen-bond donors (Lipinski definition) is 4. The summed E-state index contributed by atoms with van der Waals surface area (Å²) in [4.78, 5) is 0. The lowest BCUT2D eigenvalue weighted by atomic mass is 9.92. The largest absolute Gasteiger partial charge is 0.398 e.